The summed E-state index contributed by atoms with van der Waals surface area (Å²) < 4.78 is 19.4. The molecule has 0 radical (unpaired) electrons. The lowest BCUT2D eigenvalue weighted by molar-refractivity contribution is -0.153. The first kappa shape index (κ1) is 34.1. The van der Waals surface area contributed by atoms with Gasteiger partial charge < -0.3 is 34.3 Å². The number of nitrogens with one attached hydrogen (secondary N) is 1. The summed E-state index contributed by atoms with van der Waals surface area (Å²) >= 11 is 0. The van der Waals surface area contributed by atoms with Crippen LogP contribution in [0.1, 0.15) is 68.3 Å². The minimum Gasteiger partial charge on any atom is -0.496 e. The molecule has 3 saturated heterocycles. The van der Waals surface area contributed by atoms with Gasteiger partial charge in [0.15, 0.2) is 0 Å². The number of rotatable bonds is 6. The number of fused-ring (bicyclic) bond motifs is 8. The summed E-state index contributed by atoms with van der Waals surface area (Å²) in [5.74, 6) is 0.455. The van der Waals surface area contributed by atoms with Crippen LogP contribution in [-0.2, 0) is 31.5 Å². The van der Waals surface area contributed by atoms with Crippen molar-refractivity contribution >= 4 is 22.6 Å². The Morgan fingerprint density at radius 1 is 1.09 bits per heavy atom. The number of esters is 1. The van der Waals surface area contributed by atoms with Gasteiger partial charge in [0.05, 0.1) is 39.1 Å². The lowest BCUT2D eigenvalue weighted by Crippen LogP contribution is -2.77. The number of carbonyl (C=O) groups is 1. The summed E-state index contributed by atoms with van der Waals surface area (Å²) in [4.78, 5) is 26.5. The molecule has 53 heavy (non-hydrogen) atoms. The Balaban J connectivity index is 1.28. The molecule has 282 valence electrons. The van der Waals surface area contributed by atoms with Crippen molar-refractivity contribution < 1.29 is 29.2 Å². The summed E-state index contributed by atoms with van der Waals surface area (Å²) in [7, 11) is 5.31. The normalized spacial score (nSPS) is 39.5. The van der Waals surface area contributed by atoms with Gasteiger partial charge in [0, 0.05) is 84.0 Å². The second kappa shape index (κ2) is 11.6. The number of likely N-dealkylation sites (N-methyl/N-ethyl adjacent to an activating group) is 1. The third-order valence-corrected chi connectivity index (χ3v) is 15.5. The molecule has 2 aromatic carbocycles. The second-order valence-corrected chi connectivity index (χ2v) is 17.2. The molecule has 3 aromatic rings. The van der Waals surface area contributed by atoms with Gasteiger partial charge in [0.1, 0.15) is 16.8 Å². The fourth-order valence-electron chi connectivity index (χ4n) is 13.7. The van der Waals surface area contributed by atoms with Crippen molar-refractivity contribution in [2.45, 2.75) is 93.1 Å². The number of aromatic nitrogens is 1. The number of piperidine rings is 1. The Bertz CT molecular complexity index is 2050. The van der Waals surface area contributed by atoms with Gasteiger partial charge in [-0.1, -0.05) is 43.7 Å². The van der Waals surface area contributed by atoms with Crippen molar-refractivity contribution in [3.05, 3.63) is 70.4 Å². The molecule has 1 spiro atoms. The zero-order chi connectivity index (χ0) is 36.7. The van der Waals surface area contributed by atoms with Crippen LogP contribution in [0, 0.1) is 11.3 Å². The molecule has 7 heterocycles. The maximum atomic E-state index is 15.2. The molecule has 3 unspecified atom stereocenters. The van der Waals surface area contributed by atoms with Crippen LogP contribution >= 0.6 is 0 Å². The quantitative estimate of drug-likeness (QED) is 0.254. The number of methoxy groups -OCH3 is 2. The van der Waals surface area contributed by atoms with E-state index in [4.69, 9.17) is 14.2 Å². The average molecular weight is 723 g/mol. The number of aromatic amines is 1. The number of hydrogen-bond donors (Lipinski definition) is 3. The number of nitrogens with zero attached hydrogens (tertiary/aromatic N) is 3. The number of benzene rings is 2. The van der Waals surface area contributed by atoms with Crippen LogP contribution in [0.2, 0.25) is 0 Å². The van der Waals surface area contributed by atoms with Crippen LogP contribution in [0.5, 0.6) is 5.75 Å². The van der Waals surface area contributed by atoms with E-state index in [1.165, 1.54) is 12.7 Å². The van der Waals surface area contributed by atoms with Crippen LogP contribution in [-0.4, -0.2) is 121 Å². The molecule has 1 saturated carbocycles. The number of hydrogen-bond acceptors (Lipinski definition) is 9. The fraction of sp³-hybridized carbons (Fsp3) is 0.605. The predicted molar refractivity (Wildman–Crippen MR) is 203 cm³/mol. The lowest BCUT2D eigenvalue weighted by atomic mass is 9.48. The van der Waals surface area contributed by atoms with Crippen molar-refractivity contribution in [3.63, 3.8) is 0 Å². The van der Waals surface area contributed by atoms with Gasteiger partial charge in [-0.2, -0.15) is 0 Å². The molecule has 4 fully saturated rings. The lowest BCUT2D eigenvalue weighted by Gasteiger charge is -2.60. The molecule has 10 heteroatoms. The molecule has 10 nitrogen and oxygen atoms in total. The number of aliphatic hydroxyl groups is 2. The van der Waals surface area contributed by atoms with E-state index in [0.717, 1.165) is 104 Å². The number of para-hydroxylation sites is 1. The largest absolute Gasteiger partial charge is 0.496 e. The monoisotopic (exact) mass is 722 g/mol. The maximum Gasteiger partial charge on any atom is 0.322 e. The Hall–Kier alpha value is -3.41. The Morgan fingerprint density at radius 3 is 2.68 bits per heavy atom. The van der Waals surface area contributed by atoms with Crippen molar-refractivity contribution in [3.8, 4) is 5.75 Å². The molecule has 4 bridgehead atoms. The van der Waals surface area contributed by atoms with Gasteiger partial charge in [-0.05, 0) is 74.2 Å². The van der Waals surface area contributed by atoms with Crippen LogP contribution in [0.4, 0.5) is 5.69 Å². The smallest absolute Gasteiger partial charge is 0.322 e. The molecule has 0 amide bonds. The molecule has 1 aliphatic carbocycles. The molecule has 10 atom stereocenters. The average Bonchev–Trinajstić information content (AvgIpc) is 3.90. The topological polar surface area (TPSA) is 111 Å². The van der Waals surface area contributed by atoms with Crippen molar-refractivity contribution in [1.82, 2.24) is 14.8 Å². The van der Waals surface area contributed by atoms with E-state index < -0.39 is 27.9 Å². The third-order valence-electron chi connectivity index (χ3n) is 15.5. The highest BCUT2D eigenvalue weighted by atomic mass is 16.6. The van der Waals surface area contributed by atoms with Gasteiger partial charge in [-0.3, -0.25) is 14.6 Å². The van der Waals surface area contributed by atoms with Gasteiger partial charge in [0.2, 0.25) is 0 Å². The van der Waals surface area contributed by atoms with Gasteiger partial charge in [0.25, 0.3) is 0 Å². The first-order valence-corrected chi connectivity index (χ1v) is 20.0. The molecule has 3 N–H and O–H groups in total. The first-order chi connectivity index (χ1) is 25.7. The molecule has 7 aliphatic rings. The molecular weight excluding hydrogens is 668 g/mol. The van der Waals surface area contributed by atoms with E-state index in [-0.39, 0.29) is 36.7 Å². The minimum atomic E-state index is -1.21. The summed E-state index contributed by atoms with van der Waals surface area (Å²) in [5.41, 5.74) is 4.15. The molecular formula is C43H54N4O6. The summed E-state index contributed by atoms with van der Waals surface area (Å²) in [6.07, 6.45) is 6.26. The summed E-state index contributed by atoms with van der Waals surface area (Å²) in [6.45, 7) is 8.70. The fourth-order valence-corrected chi connectivity index (χ4v) is 13.7. The van der Waals surface area contributed by atoms with Crippen LogP contribution in [0.25, 0.3) is 10.9 Å². The minimum absolute atomic E-state index is 0.0195. The van der Waals surface area contributed by atoms with E-state index in [9.17, 15) is 10.2 Å². The highest BCUT2D eigenvalue weighted by molar-refractivity contribution is 5.94. The SMILES string of the molecule is CCC1=C[C@H]2CN(CCc3c([nH]c4ccccc34)[C@@](C(=O)OC)(c3cc4c(cc3OC)N(C)[C@H]3C5(CO)OC6CCN7CC[C@]43[C@@H]7[C@]6(CC)[C@H]5O)C2)C1. The number of anilines is 1. The number of ether oxygens (including phenoxy) is 3. The van der Waals surface area contributed by atoms with E-state index in [2.05, 4.69) is 83.1 Å². The summed E-state index contributed by atoms with van der Waals surface area (Å²) in [6, 6.07) is 12.6. The van der Waals surface area contributed by atoms with Crippen molar-refractivity contribution in [2.24, 2.45) is 11.3 Å². The number of H-pyrrole nitrogens is 1. The van der Waals surface area contributed by atoms with Crippen molar-refractivity contribution in [2.75, 3.05) is 65.5 Å². The Kier molecular flexibility index (Phi) is 7.44. The van der Waals surface area contributed by atoms with Crippen LogP contribution in [0.15, 0.2) is 48.0 Å². The summed E-state index contributed by atoms with van der Waals surface area (Å²) in [5, 5.41) is 25.0. The molecule has 10 rings (SSSR count). The maximum absolute atomic E-state index is 15.2. The molecule has 6 aliphatic heterocycles. The standard InChI is InChI=1S/C43H54N4O6/c1-6-25-18-26-21-42(39(50)52-5,35-28(12-15-46(22-25)23-26)27-10-8-9-11-31(27)44-35)30-19-29-32(20-33(30)51-4)45(3)37-41(29)14-17-47-16-13-34-40(7-2,36(41)47)38(49)43(37,24-48)53-34/h8-11,18-20,26,34,36-38,44,48-49H,6-7,12-17,21-24H2,1-5H3/t26-,34?,36+,37-,38-,40-,41-,42+,43?/m1/s1. The van der Waals surface area contributed by atoms with E-state index in [1.54, 1.807) is 7.11 Å². The number of aliphatic hydroxyl groups excluding tert-OH is 2. The van der Waals surface area contributed by atoms with Crippen LogP contribution in [0.3, 0.4) is 0 Å². The van der Waals surface area contributed by atoms with E-state index in [1.807, 2.05) is 0 Å². The van der Waals surface area contributed by atoms with Gasteiger partial charge in [-0.25, -0.2) is 0 Å². The predicted octanol–water partition coefficient (Wildman–Crippen LogP) is 4.29. The zero-order valence-electron chi connectivity index (χ0n) is 31.8. The van der Waals surface area contributed by atoms with Gasteiger partial charge in [-0.15, -0.1) is 0 Å². The second-order valence-electron chi connectivity index (χ2n) is 17.2. The Morgan fingerprint density at radius 2 is 1.92 bits per heavy atom. The van der Waals surface area contributed by atoms with E-state index >= 15 is 4.79 Å². The number of carbonyl (C=O) groups excluding carboxylic acids is 1. The molecule has 1 aromatic heterocycles. The van der Waals surface area contributed by atoms with Crippen LogP contribution < -0.4 is 9.64 Å². The third kappa shape index (κ3) is 3.94. The van der Waals surface area contributed by atoms with E-state index in [0.29, 0.717) is 12.2 Å². The zero-order valence-corrected chi connectivity index (χ0v) is 31.8. The Labute approximate surface area is 312 Å². The highest BCUT2D eigenvalue weighted by Crippen LogP contribution is 2.72. The van der Waals surface area contributed by atoms with Gasteiger partial charge >= 0.3 is 5.97 Å². The van der Waals surface area contributed by atoms with Crippen molar-refractivity contribution in [1.29, 1.82) is 0 Å². The highest BCUT2D eigenvalue weighted by Gasteiger charge is 2.83. The first-order valence-electron chi connectivity index (χ1n) is 20.0.